The molecule has 0 bridgehead atoms. The Morgan fingerprint density at radius 1 is 1.19 bits per heavy atom. The Morgan fingerprint density at radius 2 is 1.90 bits per heavy atom. The third-order valence-electron chi connectivity index (χ3n) is 3.24. The number of amides is 1. The lowest BCUT2D eigenvalue weighted by Crippen LogP contribution is -2.24. The van der Waals surface area contributed by atoms with Crippen molar-refractivity contribution in [3.8, 4) is 11.5 Å². The van der Waals surface area contributed by atoms with Crippen molar-refractivity contribution in [1.82, 2.24) is 10.3 Å². The number of H-pyrrole nitrogens is 1. The topological polar surface area (TPSA) is 72.6 Å². The zero-order valence-corrected chi connectivity index (χ0v) is 12.5. The van der Waals surface area contributed by atoms with E-state index in [2.05, 4.69) is 10.3 Å². The van der Waals surface area contributed by atoms with Gasteiger partial charge in [-0.1, -0.05) is 0 Å². The average Bonchev–Trinajstić information content (AvgIpc) is 2.92. The van der Waals surface area contributed by atoms with Crippen molar-refractivity contribution in [2.75, 3.05) is 34.5 Å². The van der Waals surface area contributed by atoms with Crippen LogP contribution in [-0.2, 0) is 4.74 Å². The lowest BCUT2D eigenvalue weighted by molar-refractivity contribution is 0.0950. The van der Waals surface area contributed by atoms with Gasteiger partial charge in [0.1, 0.15) is 0 Å². The summed E-state index contributed by atoms with van der Waals surface area (Å²) in [5.74, 6) is 1.10. The molecule has 21 heavy (non-hydrogen) atoms. The molecule has 0 fully saturated rings. The SMILES string of the molecule is COCCCNC(=O)c1c[nH]c2cc(OC)c(OC)cc12. The van der Waals surface area contributed by atoms with E-state index in [1.807, 2.05) is 6.07 Å². The third kappa shape index (κ3) is 3.28. The van der Waals surface area contributed by atoms with Gasteiger partial charge in [0.05, 0.1) is 25.3 Å². The van der Waals surface area contributed by atoms with Gasteiger partial charge >= 0.3 is 0 Å². The molecule has 0 unspecified atom stereocenters. The Bertz CT molecular complexity index is 621. The molecule has 0 aliphatic carbocycles. The number of rotatable bonds is 7. The Labute approximate surface area is 123 Å². The minimum atomic E-state index is -0.121. The summed E-state index contributed by atoms with van der Waals surface area (Å²) in [5, 5.41) is 3.67. The number of aromatic amines is 1. The molecule has 6 heteroatoms. The molecule has 0 radical (unpaired) electrons. The molecule has 0 spiro atoms. The zero-order chi connectivity index (χ0) is 15.2. The van der Waals surface area contributed by atoms with Gasteiger partial charge in [-0.3, -0.25) is 4.79 Å². The van der Waals surface area contributed by atoms with Crippen LogP contribution in [0.25, 0.3) is 10.9 Å². The number of ether oxygens (including phenoxy) is 3. The van der Waals surface area contributed by atoms with Crippen LogP contribution in [-0.4, -0.2) is 45.4 Å². The number of nitrogens with one attached hydrogen (secondary N) is 2. The molecule has 0 aliphatic heterocycles. The fourth-order valence-corrected chi connectivity index (χ4v) is 2.15. The van der Waals surface area contributed by atoms with E-state index in [1.165, 1.54) is 0 Å². The largest absolute Gasteiger partial charge is 0.493 e. The number of benzene rings is 1. The predicted octanol–water partition coefficient (Wildman–Crippen LogP) is 1.95. The summed E-state index contributed by atoms with van der Waals surface area (Å²) < 4.78 is 15.5. The molecule has 1 aromatic heterocycles. The van der Waals surface area contributed by atoms with Gasteiger partial charge in [-0.15, -0.1) is 0 Å². The van der Waals surface area contributed by atoms with E-state index in [4.69, 9.17) is 14.2 Å². The van der Waals surface area contributed by atoms with Crippen LogP contribution in [0.3, 0.4) is 0 Å². The number of hydrogen-bond acceptors (Lipinski definition) is 4. The summed E-state index contributed by atoms with van der Waals surface area (Å²) >= 11 is 0. The minimum absolute atomic E-state index is 0.121. The number of hydrogen-bond donors (Lipinski definition) is 2. The van der Waals surface area contributed by atoms with Gasteiger partial charge < -0.3 is 24.5 Å². The first-order valence-electron chi connectivity index (χ1n) is 6.71. The van der Waals surface area contributed by atoms with Gasteiger partial charge in [0.15, 0.2) is 11.5 Å². The lowest BCUT2D eigenvalue weighted by Gasteiger charge is -2.08. The second-order valence-corrected chi connectivity index (χ2v) is 4.56. The van der Waals surface area contributed by atoms with E-state index < -0.39 is 0 Å². The van der Waals surface area contributed by atoms with Gasteiger partial charge in [-0.05, 0) is 12.5 Å². The van der Waals surface area contributed by atoms with Crippen LogP contribution in [0.2, 0.25) is 0 Å². The summed E-state index contributed by atoms with van der Waals surface area (Å²) in [6, 6.07) is 3.62. The molecule has 1 heterocycles. The highest BCUT2D eigenvalue weighted by Gasteiger charge is 2.15. The number of carbonyl (C=O) groups is 1. The van der Waals surface area contributed by atoms with Gasteiger partial charge in [0, 0.05) is 37.9 Å². The summed E-state index contributed by atoms with van der Waals surface area (Å²) in [6.07, 6.45) is 2.47. The maximum atomic E-state index is 12.2. The van der Waals surface area contributed by atoms with Crippen molar-refractivity contribution in [2.24, 2.45) is 0 Å². The zero-order valence-electron chi connectivity index (χ0n) is 12.5. The van der Waals surface area contributed by atoms with E-state index in [0.29, 0.717) is 30.2 Å². The highest BCUT2D eigenvalue weighted by atomic mass is 16.5. The van der Waals surface area contributed by atoms with Crippen molar-refractivity contribution < 1.29 is 19.0 Å². The lowest BCUT2D eigenvalue weighted by atomic mass is 10.1. The first kappa shape index (κ1) is 15.2. The molecule has 1 amide bonds. The number of carbonyl (C=O) groups excluding carboxylic acids is 1. The highest BCUT2D eigenvalue weighted by molar-refractivity contribution is 6.07. The molecule has 0 saturated heterocycles. The number of methoxy groups -OCH3 is 3. The van der Waals surface area contributed by atoms with E-state index >= 15 is 0 Å². The molecule has 2 rings (SSSR count). The second-order valence-electron chi connectivity index (χ2n) is 4.56. The Balaban J connectivity index is 2.22. The van der Waals surface area contributed by atoms with Gasteiger partial charge in [0.25, 0.3) is 5.91 Å². The molecule has 0 atom stereocenters. The van der Waals surface area contributed by atoms with E-state index in [1.54, 1.807) is 33.6 Å². The third-order valence-corrected chi connectivity index (χ3v) is 3.24. The standard InChI is InChI=1S/C15H20N2O4/c1-19-6-4-5-16-15(18)11-9-17-12-8-14(21-3)13(20-2)7-10(11)12/h7-9,17H,4-6H2,1-3H3,(H,16,18). The number of aromatic nitrogens is 1. The maximum Gasteiger partial charge on any atom is 0.253 e. The van der Waals surface area contributed by atoms with E-state index in [-0.39, 0.29) is 5.91 Å². The minimum Gasteiger partial charge on any atom is -0.493 e. The van der Waals surface area contributed by atoms with Crippen molar-refractivity contribution in [3.63, 3.8) is 0 Å². The Kier molecular flexibility index (Phi) is 5.05. The first-order valence-corrected chi connectivity index (χ1v) is 6.71. The van der Waals surface area contributed by atoms with Gasteiger partial charge in [-0.2, -0.15) is 0 Å². The van der Waals surface area contributed by atoms with Crippen molar-refractivity contribution in [1.29, 1.82) is 0 Å². The Morgan fingerprint density at radius 3 is 2.57 bits per heavy atom. The van der Waals surface area contributed by atoms with Crippen molar-refractivity contribution >= 4 is 16.8 Å². The first-order chi connectivity index (χ1) is 10.2. The fourth-order valence-electron chi connectivity index (χ4n) is 2.15. The molecular weight excluding hydrogens is 272 g/mol. The molecule has 0 aliphatic rings. The molecule has 2 aromatic rings. The van der Waals surface area contributed by atoms with E-state index in [0.717, 1.165) is 17.3 Å². The van der Waals surface area contributed by atoms with Crippen LogP contribution in [0.1, 0.15) is 16.8 Å². The number of fused-ring (bicyclic) bond motifs is 1. The van der Waals surface area contributed by atoms with Crippen LogP contribution < -0.4 is 14.8 Å². The van der Waals surface area contributed by atoms with E-state index in [9.17, 15) is 4.79 Å². The quantitative estimate of drug-likeness (QED) is 0.765. The van der Waals surface area contributed by atoms with Crippen molar-refractivity contribution in [2.45, 2.75) is 6.42 Å². The fraction of sp³-hybridized carbons (Fsp3) is 0.400. The molecule has 1 aromatic carbocycles. The summed E-state index contributed by atoms with van der Waals surface area (Å²) in [7, 11) is 4.79. The van der Waals surface area contributed by atoms with Gasteiger partial charge in [0.2, 0.25) is 0 Å². The monoisotopic (exact) mass is 292 g/mol. The van der Waals surface area contributed by atoms with Crippen LogP contribution in [0, 0.1) is 0 Å². The Hall–Kier alpha value is -2.21. The maximum absolute atomic E-state index is 12.2. The normalized spacial score (nSPS) is 10.6. The molecule has 114 valence electrons. The highest BCUT2D eigenvalue weighted by Crippen LogP contribution is 2.33. The smallest absolute Gasteiger partial charge is 0.253 e. The molecule has 0 saturated carbocycles. The summed E-state index contributed by atoms with van der Waals surface area (Å²) in [4.78, 5) is 15.3. The second kappa shape index (κ2) is 6.99. The molecule has 2 N–H and O–H groups in total. The molecular formula is C15H20N2O4. The van der Waals surface area contributed by atoms with Crippen LogP contribution in [0.15, 0.2) is 18.3 Å². The van der Waals surface area contributed by atoms with Gasteiger partial charge in [-0.25, -0.2) is 0 Å². The predicted molar refractivity (Wildman–Crippen MR) is 80.2 cm³/mol. The van der Waals surface area contributed by atoms with Crippen LogP contribution in [0.4, 0.5) is 0 Å². The van der Waals surface area contributed by atoms with Crippen LogP contribution in [0.5, 0.6) is 11.5 Å². The average molecular weight is 292 g/mol. The van der Waals surface area contributed by atoms with Crippen molar-refractivity contribution in [3.05, 3.63) is 23.9 Å². The molecule has 6 nitrogen and oxygen atoms in total. The summed E-state index contributed by atoms with van der Waals surface area (Å²) in [6.45, 7) is 1.20. The summed E-state index contributed by atoms with van der Waals surface area (Å²) in [5.41, 5.74) is 1.41. The van der Waals surface area contributed by atoms with Crippen LogP contribution >= 0.6 is 0 Å².